The van der Waals surface area contributed by atoms with E-state index in [1.807, 2.05) is 31.2 Å². The van der Waals surface area contributed by atoms with Crippen LogP contribution in [0.2, 0.25) is 0 Å². The SMILES string of the molecule is Cc1ccc([C@@]2(O)CSC3=C(C#N)[C@@H](c4ccc(F)cc4)CC(=O)N32)cc1. The molecule has 27 heavy (non-hydrogen) atoms. The molecule has 2 aliphatic rings. The van der Waals surface area contributed by atoms with Gasteiger partial charge >= 0.3 is 0 Å². The molecule has 0 aliphatic carbocycles. The standard InChI is InChI=1S/C21H17FN2O2S/c1-13-2-6-15(7-3-13)21(26)12-27-20-18(11-23)17(10-19(25)24(20)21)14-4-8-16(22)9-5-14/h2-9,17,26H,10,12H2,1H3/t17-,21+/m1/s1. The Labute approximate surface area is 160 Å². The van der Waals surface area contributed by atoms with Gasteiger partial charge in [-0.2, -0.15) is 5.26 Å². The summed E-state index contributed by atoms with van der Waals surface area (Å²) in [4.78, 5) is 14.3. The number of amides is 1. The highest BCUT2D eigenvalue weighted by atomic mass is 32.2. The summed E-state index contributed by atoms with van der Waals surface area (Å²) in [7, 11) is 0. The lowest BCUT2D eigenvalue weighted by atomic mass is 9.85. The van der Waals surface area contributed by atoms with Crippen LogP contribution in [0.3, 0.4) is 0 Å². The van der Waals surface area contributed by atoms with Gasteiger partial charge in [0.2, 0.25) is 5.91 Å². The molecule has 2 aromatic carbocycles. The third-order valence-electron chi connectivity index (χ3n) is 5.10. The number of halogens is 1. The van der Waals surface area contributed by atoms with Crippen LogP contribution in [-0.4, -0.2) is 21.7 Å². The highest BCUT2D eigenvalue weighted by molar-refractivity contribution is 8.03. The van der Waals surface area contributed by atoms with Gasteiger partial charge in [0.15, 0.2) is 5.72 Å². The number of allylic oxidation sites excluding steroid dienone is 1. The number of hydrogen-bond acceptors (Lipinski definition) is 4. The molecule has 1 saturated heterocycles. The summed E-state index contributed by atoms with van der Waals surface area (Å²) >= 11 is 1.31. The van der Waals surface area contributed by atoms with Crippen molar-refractivity contribution in [1.82, 2.24) is 4.90 Å². The van der Waals surface area contributed by atoms with Gasteiger partial charge in [-0.05, 0) is 24.6 Å². The summed E-state index contributed by atoms with van der Waals surface area (Å²) < 4.78 is 13.3. The Morgan fingerprint density at radius 3 is 2.52 bits per heavy atom. The summed E-state index contributed by atoms with van der Waals surface area (Å²) in [6, 6.07) is 15.5. The van der Waals surface area contributed by atoms with Gasteiger partial charge in [-0.3, -0.25) is 9.69 Å². The van der Waals surface area contributed by atoms with Gasteiger partial charge in [-0.25, -0.2) is 4.39 Å². The van der Waals surface area contributed by atoms with Crippen LogP contribution < -0.4 is 0 Å². The van der Waals surface area contributed by atoms with Crippen LogP contribution in [0.4, 0.5) is 4.39 Å². The van der Waals surface area contributed by atoms with Crippen molar-refractivity contribution >= 4 is 17.7 Å². The van der Waals surface area contributed by atoms with Gasteiger partial charge in [0.25, 0.3) is 0 Å². The first-order valence-electron chi connectivity index (χ1n) is 8.59. The van der Waals surface area contributed by atoms with Gasteiger partial charge in [-0.1, -0.05) is 42.0 Å². The van der Waals surface area contributed by atoms with Crippen LogP contribution in [0.1, 0.15) is 29.0 Å². The van der Waals surface area contributed by atoms with Gasteiger partial charge in [-0.15, -0.1) is 11.8 Å². The van der Waals surface area contributed by atoms with Crippen LogP contribution in [0.25, 0.3) is 0 Å². The molecule has 0 saturated carbocycles. The molecule has 0 bridgehead atoms. The number of nitriles is 1. The number of benzene rings is 2. The van der Waals surface area contributed by atoms with Crippen molar-refractivity contribution in [3.63, 3.8) is 0 Å². The number of aliphatic hydroxyl groups is 1. The molecule has 1 N–H and O–H groups in total. The zero-order valence-electron chi connectivity index (χ0n) is 14.6. The number of fused-ring (bicyclic) bond motifs is 1. The van der Waals surface area contributed by atoms with Crippen molar-refractivity contribution in [2.24, 2.45) is 0 Å². The van der Waals surface area contributed by atoms with Crippen LogP contribution >= 0.6 is 11.8 Å². The normalized spacial score (nSPS) is 24.7. The van der Waals surface area contributed by atoms with Crippen molar-refractivity contribution in [3.8, 4) is 6.07 Å². The fraction of sp³-hybridized carbons (Fsp3) is 0.238. The molecule has 1 fully saturated rings. The van der Waals surface area contributed by atoms with E-state index in [1.165, 1.54) is 28.8 Å². The molecule has 2 aliphatic heterocycles. The first-order chi connectivity index (χ1) is 12.9. The zero-order chi connectivity index (χ0) is 19.2. The zero-order valence-corrected chi connectivity index (χ0v) is 15.5. The molecule has 0 radical (unpaired) electrons. The minimum atomic E-state index is -1.47. The maximum absolute atomic E-state index is 13.3. The Morgan fingerprint density at radius 1 is 1.22 bits per heavy atom. The molecule has 136 valence electrons. The summed E-state index contributed by atoms with van der Waals surface area (Å²) in [6.45, 7) is 1.95. The number of hydrogen-bond donors (Lipinski definition) is 1. The van der Waals surface area contributed by atoms with E-state index in [-0.39, 0.29) is 23.9 Å². The molecule has 0 spiro atoms. The maximum Gasteiger partial charge on any atom is 0.231 e. The van der Waals surface area contributed by atoms with Crippen LogP contribution in [0.15, 0.2) is 59.1 Å². The number of carbonyl (C=O) groups is 1. The van der Waals surface area contributed by atoms with Gasteiger partial charge < -0.3 is 5.11 Å². The number of carbonyl (C=O) groups excluding carboxylic acids is 1. The number of rotatable bonds is 2. The van der Waals surface area contributed by atoms with Gasteiger partial charge in [0.05, 0.1) is 22.4 Å². The minimum absolute atomic E-state index is 0.0623. The fourth-order valence-corrected chi connectivity index (χ4v) is 5.00. The minimum Gasteiger partial charge on any atom is -0.366 e. The number of aryl methyl sites for hydroxylation is 1. The molecular formula is C21H17FN2O2S. The smallest absolute Gasteiger partial charge is 0.231 e. The van der Waals surface area contributed by atoms with Gasteiger partial charge in [0, 0.05) is 17.9 Å². The van der Waals surface area contributed by atoms with E-state index >= 15 is 0 Å². The van der Waals surface area contributed by atoms with Crippen molar-refractivity contribution in [3.05, 3.63) is 81.6 Å². The van der Waals surface area contributed by atoms with E-state index in [4.69, 9.17) is 0 Å². The second kappa shape index (κ2) is 6.52. The van der Waals surface area contributed by atoms with Crippen molar-refractivity contribution in [2.75, 3.05) is 5.75 Å². The first kappa shape index (κ1) is 17.8. The molecule has 0 aromatic heterocycles. The van der Waals surface area contributed by atoms with E-state index < -0.39 is 11.6 Å². The fourth-order valence-electron chi connectivity index (χ4n) is 3.64. The van der Waals surface area contributed by atoms with Crippen LogP contribution in [0, 0.1) is 24.1 Å². The Morgan fingerprint density at radius 2 is 1.89 bits per heavy atom. The molecule has 2 atom stereocenters. The molecule has 0 unspecified atom stereocenters. The molecule has 2 heterocycles. The second-order valence-corrected chi connectivity index (χ2v) is 7.80. The lowest BCUT2D eigenvalue weighted by Crippen LogP contribution is -2.48. The van der Waals surface area contributed by atoms with Crippen molar-refractivity contribution in [2.45, 2.75) is 25.0 Å². The van der Waals surface area contributed by atoms with Crippen LogP contribution in [0.5, 0.6) is 0 Å². The average Bonchev–Trinajstić information content (AvgIpc) is 3.02. The van der Waals surface area contributed by atoms with Crippen molar-refractivity contribution < 1.29 is 14.3 Å². The second-order valence-electron chi connectivity index (χ2n) is 6.84. The predicted octanol–water partition coefficient (Wildman–Crippen LogP) is 3.78. The Balaban J connectivity index is 1.79. The molecule has 4 nitrogen and oxygen atoms in total. The molecular weight excluding hydrogens is 363 g/mol. The quantitative estimate of drug-likeness (QED) is 0.861. The van der Waals surface area contributed by atoms with Crippen LogP contribution in [-0.2, 0) is 10.5 Å². The monoisotopic (exact) mass is 380 g/mol. The van der Waals surface area contributed by atoms with E-state index in [0.29, 0.717) is 16.2 Å². The average molecular weight is 380 g/mol. The van der Waals surface area contributed by atoms with E-state index in [1.54, 1.807) is 12.1 Å². The third-order valence-corrected chi connectivity index (χ3v) is 6.32. The lowest BCUT2D eigenvalue weighted by molar-refractivity contribution is -0.149. The van der Waals surface area contributed by atoms with E-state index in [9.17, 15) is 19.6 Å². The molecule has 2 aromatic rings. The van der Waals surface area contributed by atoms with E-state index in [2.05, 4.69) is 6.07 Å². The third kappa shape index (κ3) is 2.84. The van der Waals surface area contributed by atoms with Crippen molar-refractivity contribution in [1.29, 1.82) is 5.26 Å². The first-order valence-corrected chi connectivity index (χ1v) is 9.57. The summed E-state index contributed by atoms with van der Waals surface area (Å²) in [5, 5.41) is 21.6. The topological polar surface area (TPSA) is 64.3 Å². The molecule has 1 amide bonds. The summed E-state index contributed by atoms with van der Waals surface area (Å²) in [6.07, 6.45) is 0.0623. The number of thioether (sulfide) groups is 1. The Kier molecular flexibility index (Phi) is 4.29. The maximum atomic E-state index is 13.3. The summed E-state index contributed by atoms with van der Waals surface area (Å²) in [5.41, 5.74) is 1.37. The van der Waals surface area contributed by atoms with E-state index in [0.717, 1.165) is 11.1 Å². The molecule has 6 heteroatoms. The molecule has 4 rings (SSSR count). The predicted molar refractivity (Wildman–Crippen MR) is 101 cm³/mol. The lowest BCUT2D eigenvalue weighted by Gasteiger charge is -2.38. The Bertz CT molecular complexity index is 979. The Hall–Kier alpha value is -2.62. The largest absolute Gasteiger partial charge is 0.366 e. The highest BCUT2D eigenvalue weighted by Crippen LogP contribution is 2.51. The number of nitrogens with zero attached hydrogens (tertiary/aromatic N) is 2. The van der Waals surface area contributed by atoms with Gasteiger partial charge in [0.1, 0.15) is 5.82 Å². The highest BCUT2D eigenvalue weighted by Gasteiger charge is 2.51. The summed E-state index contributed by atoms with van der Waals surface area (Å²) in [5.74, 6) is -0.773.